The second-order valence-corrected chi connectivity index (χ2v) is 9.68. The molecule has 2 heterocycles. The molecule has 0 aliphatic carbocycles. The zero-order valence-corrected chi connectivity index (χ0v) is 19.7. The molecule has 1 amide bonds. The second kappa shape index (κ2) is 9.16. The van der Waals surface area contributed by atoms with Gasteiger partial charge < -0.3 is 14.2 Å². The Morgan fingerprint density at radius 2 is 1.77 bits per heavy atom. The fourth-order valence-electron chi connectivity index (χ4n) is 3.49. The molecule has 0 bridgehead atoms. The van der Waals surface area contributed by atoms with E-state index < -0.39 is 5.60 Å². The second-order valence-electron chi connectivity index (χ2n) is 8.87. The van der Waals surface area contributed by atoms with E-state index in [0.29, 0.717) is 40.9 Å². The van der Waals surface area contributed by atoms with Crippen molar-refractivity contribution in [2.45, 2.75) is 52.7 Å². The summed E-state index contributed by atoms with van der Waals surface area (Å²) in [6, 6.07) is 5.42. The van der Waals surface area contributed by atoms with E-state index in [2.05, 4.69) is 23.9 Å². The Hall–Kier alpha value is -1.76. The molecule has 0 saturated carbocycles. The maximum atomic E-state index is 12.3. The molecule has 164 valence electrons. The van der Waals surface area contributed by atoms with Crippen LogP contribution in [0.4, 0.5) is 4.79 Å². The highest BCUT2D eigenvalue weighted by Crippen LogP contribution is 2.39. The molecule has 0 unspecified atom stereocenters. The highest BCUT2D eigenvalue weighted by atomic mass is 35.5. The van der Waals surface area contributed by atoms with Crippen molar-refractivity contribution in [2.24, 2.45) is 0 Å². The molecule has 2 aromatic rings. The number of rotatable bonds is 4. The van der Waals surface area contributed by atoms with Crippen molar-refractivity contribution in [3.05, 3.63) is 39.6 Å². The van der Waals surface area contributed by atoms with Gasteiger partial charge in [0, 0.05) is 49.8 Å². The zero-order chi connectivity index (χ0) is 22.1. The van der Waals surface area contributed by atoms with E-state index in [1.807, 2.05) is 26.8 Å². The van der Waals surface area contributed by atoms with Crippen molar-refractivity contribution in [1.29, 1.82) is 0 Å². The summed E-state index contributed by atoms with van der Waals surface area (Å²) in [6.45, 7) is 13.1. The summed E-state index contributed by atoms with van der Waals surface area (Å²) in [5, 5.41) is 5.41. The molecule has 1 aromatic carbocycles. The number of aromatic nitrogens is 1. The number of ether oxygens (including phenoxy) is 1. The van der Waals surface area contributed by atoms with Crippen LogP contribution >= 0.6 is 23.2 Å². The molecule has 1 fully saturated rings. The van der Waals surface area contributed by atoms with Gasteiger partial charge in [-0.1, -0.05) is 48.3 Å². The van der Waals surface area contributed by atoms with Crippen LogP contribution < -0.4 is 0 Å². The fourth-order valence-corrected chi connectivity index (χ4v) is 4.06. The molecule has 6 nitrogen and oxygen atoms in total. The van der Waals surface area contributed by atoms with Gasteiger partial charge in [-0.2, -0.15) is 0 Å². The molecule has 1 aromatic heterocycles. The summed E-state index contributed by atoms with van der Waals surface area (Å²) < 4.78 is 11.2. The van der Waals surface area contributed by atoms with Crippen LogP contribution in [0.15, 0.2) is 22.7 Å². The molecule has 0 atom stereocenters. The summed E-state index contributed by atoms with van der Waals surface area (Å²) >= 11 is 12.9. The van der Waals surface area contributed by atoms with Gasteiger partial charge in [0.1, 0.15) is 17.1 Å². The molecular weight excluding hydrogens is 425 g/mol. The number of benzene rings is 1. The lowest BCUT2D eigenvalue weighted by Gasteiger charge is -2.35. The summed E-state index contributed by atoms with van der Waals surface area (Å²) in [5.74, 6) is 1.00. The average molecular weight is 454 g/mol. The van der Waals surface area contributed by atoms with E-state index >= 15 is 0 Å². The standard InChI is InChI=1S/C22H29Cl2N3O3/c1-14(2)20-15(19(25-30-20)18-16(23)7-6-8-17(18)24)13-26-9-11-27(12-10-26)21(28)29-22(3,4)5/h6-8,14H,9-13H2,1-5H3. The Morgan fingerprint density at radius 1 is 1.17 bits per heavy atom. The summed E-state index contributed by atoms with van der Waals surface area (Å²) in [7, 11) is 0. The molecule has 1 aliphatic rings. The summed E-state index contributed by atoms with van der Waals surface area (Å²) in [5.41, 5.74) is 1.87. The number of carbonyl (C=O) groups is 1. The summed E-state index contributed by atoms with van der Waals surface area (Å²) in [6.07, 6.45) is -0.265. The van der Waals surface area contributed by atoms with Crippen molar-refractivity contribution >= 4 is 29.3 Å². The highest BCUT2D eigenvalue weighted by Gasteiger charge is 2.29. The average Bonchev–Trinajstić information content (AvgIpc) is 3.04. The number of halogens is 2. The van der Waals surface area contributed by atoms with Gasteiger partial charge in [0.25, 0.3) is 0 Å². The smallest absolute Gasteiger partial charge is 0.410 e. The Labute approximate surface area is 188 Å². The maximum Gasteiger partial charge on any atom is 0.410 e. The normalized spacial score (nSPS) is 15.7. The molecule has 1 saturated heterocycles. The van der Waals surface area contributed by atoms with Gasteiger partial charge in [0.2, 0.25) is 0 Å². The lowest BCUT2D eigenvalue weighted by molar-refractivity contribution is 0.0138. The number of hydrogen-bond acceptors (Lipinski definition) is 5. The largest absolute Gasteiger partial charge is 0.444 e. The molecule has 1 aliphatic heterocycles. The van der Waals surface area contributed by atoms with Crippen LogP contribution in [0.2, 0.25) is 10.0 Å². The minimum atomic E-state index is -0.494. The molecule has 3 rings (SSSR count). The van der Waals surface area contributed by atoms with Crippen LogP contribution in [-0.2, 0) is 11.3 Å². The van der Waals surface area contributed by atoms with Crippen molar-refractivity contribution in [3.8, 4) is 11.3 Å². The maximum absolute atomic E-state index is 12.3. The Kier molecular flexibility index (Phi) is 7.00. The highest BCUT2D eigenvalue weighted by molar-refractivity contribution is 6.39. The zero-order valence-electron chi connectivity index (χ0n) is 18.2. The van der Waals surface area contributed by atoms with Crippen molar-refractivity contribution < 1.29 is 14.1 Å². The van der Waals surface area contributed by atoms with E-state index in [9.17, 15) is 4.79 Å². The number of hydrogen-bond donors (Lipinski definition) is 0. The minimum absolute atomic E-state index is 0.172. The lowest BCUT2D eigenvalue weighted by atomic mass is 10.00. The van der Waals surface area contributed by atoms with Crippen LogP contribution in [0.3, 0.4) is 0 Å². The van der Waals surface area contributed by atoms with Crippen LogP contribution in [0, 0.1) is 0 Å². The van der Waals surface area contributed by atoms with Gasteiger partial charge in [-0.15, -0.1) is 0 Å². The predicted octanol–water partition coefficient (Wildman–Crippen LogP) is 5.82. The Bertz CT molecular complexity index is 877. The number of nitrogens with zero attached hydrogens (tertiary/aromatic N) is 3. The monoisotopic (exact) mass is 453 g/mol. The number of piperazine rings is 1. The van der Waals surface area contributed by atoms with Gasteiger partial charge in [-0.05, 0) is 32.9 Å². The third-order valence-corrected chi connectivity index (χ3v) is 5.58. The number of amides is 1. The van der Waals surface area contributed by atoms with E-state index in [0.717, 1.165) is 24.4 Å². The van der Waals surface area contributed by atoms with Gasteiger partial charge in [-0.25, -0.2) is 4.79 Å². The first-order valence-corrected chi connectivity index (χ1v) is 11.0. The van der Waals surface area contributed by atoms with E-state index in [1.165, 1.54) is 0 Å². The molecular formula is C22H29Cl2N3O3. The van der Waals surface area contributed by atoms with Gasteiger partial charge in [-0.3, -0.25) is 4.90 Å². The molecule has 0 spiro atoms. The fraction of sp³-hybridized carbons (Fsp3) is 0.545. The third-order valence-electron chi connectivity index (χ3n) is 4.95. The SMILES string of the molecule is CC(C)c1onc(-c2c(Cl)cccc2Cl)c1CN1CCN(C(=O)OC(C)(C)C)CC1. The van der Waals surface area contributed by atoms with Crippen LogP contribution in [0.1, 0.15) is 51.9 Å². The first-order chi connectivity index (χ1) is 14.1. The van der Waals surface area contributed by atoms with Crippen molar-refractivity contribution in [1.82, 2.24) is 15.0 Å². The first-order valence-electron chi connectivity index (χ1n) is 10.2. The van der Waals surface area contributed by atoms with Crippen LogP contribution in [0.5, 0.6) is 0 Å². The topological polar surface area (TPSA) is 58.8 Å². The number of carbonyl (C=O) groups excluding carboxylic acids is 1. The first kappa shape index (κ1) is 22.9. The Balaban J connectivity index is 1.78. The van der Waals surface area contributed by atoms with Crippen molar-refractivity contribution in [3.63, 3.8) is 0 Å². The molecule has 30 heavy (non-hydrogen) atoms. The quantitative estimate of drug-likeness (QED) is 0.582. The van der Waals surface area contributed by atoms with E-state index in [4.69, 9.17) is 32.5 Å². The third kappa shape index (κ3) is 5.29. The molecule has 8 heteroatoms. The minimum Gasteiger partial charge on any atom is -0.444 e. The van der Waals surface area contributed by atoms with E-state index in [1.54, 1.807) is 17.0 Å². The van der Waals surface area contributed by atoms with Gasteiger partial charge in [0.05, 0.1) is 10.0 Å². The summed E-state index contributed by atoms with van der Waals surface area (Å²) in [4.78, 5) is 16.4. The van der Waals surface area contributed by atoms with Crippen molar-refractivity contribution in [2.75, 3.05) is 26.2 Å². The molecule has 0 N–H and O–H groups in total. The van der Waals surface area contributed by atoms with E-state index in [-0.39, 0.29) is 12.0 Å². The van der Waals surface area contributed by atoms with Gasteiger partial charge >= 0.3 is 6.09 Å². The lowest BCUT2D eigenvalue weighted by Crippen LogP contribution is -2.49. The van der Waals surface area contributed by atoms with Crippen LogP contribution in [0.25, 0.3) is 11.3 Å². The van der Waals surface area contributed by atoms with Crippen LogP contribution in [-0.4, -0.2) is 52.8 Å². The molecule has 0 radical (unpaired) electrons. The Morgan fingerprint density at radius 3 is 2.30 bits per heavy atom. The predicted molar refractivity (Wildman–Crippen MR) is 119 cm³/mol. The van der Waals surface area contributed by atoms with Gasteiger partial charge in [0.15, 0.2) is 0 Å².